The predicted molar refractivity (Wildman–Crippen MR) is 70.9 cm³/mol. The average Bonchev–Trinajstić information content (AvgIpc) is 2.84. The number of rotatable bonds is 3. The molecule has 1 aromatic heterocycles. The molecule has 0 saturated heterocycles. The van der Waals surface area contributed by atoms with Gasteiger partial charge in [0, 0.05) is 12.4 Å². The van der Waals surface area contributed by atoms with Crippen molar-refractivity contribution < 1.29 is 4.79 Å². The molecular formula is C14H20N4O. The second-order valence-corrected chi connectivity index (χ2v) is 5.28. The quantitative estimate of drug-likeness (QED) is 0.819. The normalized spacial score (nSPS) is 20.0. The van der Waals surface area contributed by atoms with E-state index in [2.05, 4.69) is 21.4 Å². The van der Waals surface area contributed by atoms with Crippen molar-refractivity contribution in [2.45, 2.75) is 51.5 Å². The number of nitrogens with zero attached hydrogens (tertiary/aromatic N) is 2. The van der Waals surface area contributed by atoms with Crippen molar-refractivity contribution in [3.8, 4) is 6.07 Å². The second kappa shape index (κ2) is 5.87. The van der Waals surface area contributed by atoms with Gasteiger partial charge in [-0.15, -0.1) is 0 Å². The number of nitrogens with one attached hydrogen (secondary N) is 2. The first-order chi connectivity index (χ1) is 9.18. The van der Waals surface area contributed by atoms with Crippen LogP contribution in [0.2, 0.25) is 0 Å². The first-order valence-corrected chi connectivity index (χ1v) is 6.89. The van der Waals surface area contributed by atoms with Gasteiger partial charge in [-0.1, -0.05) is 25.7 Å². The number of H-pyrrole nitrogens is 1. The molecule has 1 atom stereocenters. The van der Waals surface area contributed by atoms with Crippen molar-refractivity contribution in [3.05, 3.63) is 18.2 Å². The third-order valence-corrected chi connectivity index (χ3v) is 3.88. The molecule has 0 bridgehead atoms. The maximum absolute atomic E-state index is 12.4. The van der Waals surface area contributed by atoms with Gasteiger partial charge in [-0.2, -0.15) is 5.26 Å². The Labute approximate surface area is 113 Å². The molecule has 5 heteroatoms. The fourth-order valence-corrected chi connectivity index (χ4v) is 2.64. The van der Waals surface area contributed by atoms with E-state index in [-0.39, 0.29) is 11.9 Å². The molecule has 0 aromatic carbocycles. The lowest BCUT2D eigenvalue weighted by Crippen LogP contribution is -2.41. The number of carbonyl (C=O) groups is 1. The molecule has 2 rings (SSSR count). The number of aromatic amines is 1. The van der Waals surface area contributed by atoms with Crippen LogP contribution in [0.3, 0.4) is 0 Å². The lowest BCUT2D eigenvalue weighted by Gasteiger charge is -2.25. The van der Waals surface area contributed by atoms with Crippen LogP contribution < -0.4 is 5.32 Å². The summed E-state index contributed by atoms with van der Waals surface area (Å²) in [6.07, 6.45) is 8.86. The Morgan fingerprint density at radius 1 is 1.47 bits per heavy atom. The fourth-order valence-electron chi connectivity index (χ4n) is 2.64. The van der Waals surface area contributed by atoms with Crippen molar-refractivity contribution in [2.24, 2.45) is 5.41 Å². The summed E-state index contributed by atoms with van der Waals surface area (Å²) < 4.78 is 0. The molecule has 1 saturated carbocycles. The SMILES string of the molecule is CC(NC(=O)C1(C#N)CCCCCC1)c1ncc[nH]1. The molecule has 5 nitrogen and oxygen atoms in total. The molecule has 1 aliphatic carbocycles. The van der Waals surface area contributed by atoms with Crippen LogP contribution >= 0.6 is 0 Å². The molecule has 1 unspecified atom stereocenters. The Bertz CT molecular complexity index is 452. The molecule has 1 amide bonds. The largest absolute Gasteiger partial charge is 0.347 e. The van der Waals surface area contributed by atoms with Gasteiger partial charge in [0.1, 0.15) is 11.2 Å². The summed E-state index contributed by atoms with van der Waals surface area (Å²) in [6.45, 7) is 1.87. The van der Waals surface area contributed by atoms with Crippen LogP contribution in [0.4, 0.5) is 0 Å². The maximum atomic E-state index is 12.4. The van der Waals surface area contributed by atoms with E-state index in [0.29, 0.717) is 12.8 Å². The summed E-state index contributed by atoms with van der Waals surface area (Å²) in [5.41, 5.74) is -0.850. The minimum Gasteiger partial charge on any atom is -0.347 e. The molecular weight excluding hydrogens is 240 g/mol. The number of imidazole rings is 1. The van der Waals surface area contributed by atoms with Crippen LogP contribution in [0.25, 0.3) is 0 Å². The predicted octanol–water partition coefficient (Wildman–Crippen LogP) is 2.45. The van der Waals surface area contributed by atoms with E-state index >= 15 is 0 Å². The fraction of sp³-hybridized carbons (Fsp3) is 0.643. The van der Waals surface area contributed by atoms with E-state index in [9.17, 15) is 10.1 Å². The minimum absolute atomic E-state index is 0.152. The Kier molecular flexibility index (Phi) is 4.20. The number of amides is 1. The highest BCUT2D eigenvalue weighted by molar-refractivity contribution is 5.85. The van der Waals surface area contributed by atoms with Crippen LogP contribution in [0, 0.1) is 16.7 Å². The van der Waals surface area contributed by atoms with Crippen LogP contribution in [-0.4, -0.2) is 15.9 Å². The van der Waals surface area contributed by atoms with Gasteiger partial charge < -0.3 is 10.3 Å². The zero-order valence-corrected chi connectivity index (χ0v) is 11.3. The van der Waals surface area contributed by atoms with Crippen molar-refractivity contribution in [2.75, 3.05) is 0 Å². The van der Waals surface area contributed by atoms with E-state index in [4.69, 9.17) is 0 Å². The third-order valence-electron chi connectivity index (χ3n) is 3.88. The van der Waals surface area contributed by atoms with E-state index in [0.717, 1.165) is 31.5 Å². The van der Waals surface area contributed by atoms with Gasteiger partial charge in [-0.25, -0.2) is 4.98 Å². The van der Waals surface area contributed by atoms with Crippen molar-refractivity contribution in [1.29, 1.82) is 5.26 Å². The van der Waals surface area contributed by atoms with E-state index < -0.39 is 5.41 Å². The Morgan fingerprint density at radius 2 is 2.16 bits per heavy atom. The number of nitriles is 1. The lowest BCUT2D eigenvalue weighted by molar-refractivity contribution is -0.129. The Hall–Kier alpha value is -1.83. The summed E-state index contributed by atoms with van der Waals surface area (Å²) in [5.74, 6) is 0.566. The van der Waals surface area contributed by atoms with Gasteiger partial charge in [0.15, 0.2) is 0 Å². The van der Waals surface area contributed by atoms with Crippen molar-refractivity contribution >= 4 is 5.91 Å². The molecule has 1 aliphatic rings. The zero-order chi connectivity index (χ0) is 13.7. The molecule has 1 fully saturated rings. The van der Waals surface area contributed by atoms with Gasteiger partial charge in [0.2, 0.25) is 5.91 Å². The van der Waals surface area contributed by atoms with Gasteiger partial charge in [-0.3, -0.25) is 4.79 Å². The van der Waals surface area contributed by atoms with Gasteiger partial charge >= 0.3 is 0 Å². The summed E-state index contributed by atoms with van der Waals surface area (Å²) in [5, 5.41) is 12.4. The minimum atomic E-state index is -0.850. The van der Waals surface area contributed by atoms with Gasteiger partial charge in [0.05, 0.1) is 12.1 Å². The number of carbonyl (C=O) groups excluding carboxylic acids is 1. The average molecular weight is 260 g/mol. The molecule has 0 aliphatic heterocycles. The van der Waals surface area contributed by atoms with Gasteiger partial charge in [-0.05, 0) is 19.8 Å². The second-order valence-electron chi connectivity index (χ2n) is 5.28. The molecule has 102 valence electrons. The highest BCUT2D eigenvalue weighted by atomic mass is 16.2. The summed E-state index contributed by atoms with van der Waals surface area (Å²) in [6, 6.07) is 2.07. The Morgan fingerprint density at radius 3 is 2.68 bits per heavy atom. The summed E-state index contributed by atoms with van der Waals surface area (Å²) >= 11 is 0. The van der Waals surface area contributed by atoms with Crippen molar-refractivity contribution in [1.82, 2.24) is 15.3 Å². The zero-order valence-electron chi connectivity index (χ0n) is 11.3. The number of aromatic nitrogens is 2. The van der Waals surface area contributed by atoms with Crippen LogP contribution in [0.1, 0.15) is 57.3 Å². The molecule has 1 aromatic rings. The molecule has 1 heterocycles. The maximum Gasteiger partial charge on any atom is 0.241 e. The summed E-state index contributed by atoms with van der Waals surface area (Å²) in [7, 11) is 0. The topological polar surface area (TPSA) is 81.6 Å². The first kappa shape index (κ1) is 13.6. The van der Waals surface area contributed by atoms with Crippen LogP contribution in [0.15, 0.2) is 12.4 Å². The van der Waals surface area contributed by atoms with Crippen molar-refractivity contribution in [3.63, 3.8) is 0 Å². The highest BCUT2D eigenvalue weighted by Gasteiger charge is 2.39. The standard InChI is InChI=1S/C14H20N4O/c1-11(12-16-8-9-17-12)18-13(19)14(10-15)6-4-2-3-5-7-14/h8-9,11H,2-7H2,1H3,(H,16,17)(H,18,19). The molecule has 0 radical (unpaired) electrons. The number of hydrogen-bond acceptors (Lipinski definition) is 3. The summed E-state index contributed by atoms with van der Waals surface area (Å²) in [4.78, 5) is 19.5. The van der Waals surface area contributed by atoms with E-state index in [1.165, 1.54) is 0 Å². The lowest BCUT2D eigenvalue weighted by atomic mass is 9.81. The monoisotopic (exact) mass is 260 g/mol. The van der Waals surface area contributed by atoms with E-state index in [1.807, 2.05) is 6.92 Å². The van der Waals surface area contributed by atoms with Gasteiger partial charge in [0.25, 0.3) is 0 Å². The number of hydrogen-bond donors (Lipinski definition) is 2. The Balaban J connectivity index is 2.06. The smallest absolute Gasteiger partial charge is 0.241 e. The molecule has 0 spiro atoms. The molecule has 2 N–H and O–H groups in total. The first-order valence-electron chi connectivity index (χ1n) is 6.89. The molecule has 19 heavy (non-hydrogen) atoms. The highest BCUT2D eigenvalue weighted by Crippen LogP contribution is 2.35. The van der Waals surface area contributed by atoms with Crippen LogP contribution in [0.5, 0.6) is 0 Å². The van der Waals surface area contributed by atoms with Crippen LogP contribution in [-0.2, 0) is 4.79 Å². The third kappa shape index (κ3) is 2.95. The van der Waals surface area contributed by atoms with E-state index in [1.54, 1.807) is 12.4 Å².